The first kappa shape index (κ1) is 18.3. The maximum absolute atomic E-state index is 12.8. The lowest BCUT2D eigenvalue weighted by atomic mass is 9.94. The van der Waals surface area contributed by atoms with Crippen molar-refractivity contribution < 1.29 is 9.53 Å². The Balaban J connectivity index is 1.80. The molecule has 2 aromatic rings. The summed E-state index contributed by atoms with van der Waals surface area (Å²) in [5.41, 5.74) is 1.96. The van der Waals surface area contributed by atoms with E-state index < -0.39 is 5.66 Å². The molecule has 1 aliphatic heterocycles. The lowest BCUT2D eigenvalue weighted by Crippen LogP contribution is -2.53. The third kappa shape index (κ3) is 3.55. The van der Waals surface area contributed by atoms with Gasteiger partial charge in [0.2, 0.25) is 0 Å². The molecular weight excluding hydrogens is 324 g/mol. The Bertz CT molecular complexity index is 774. The smallest absolute Gasteiger partial charge is 0.257 e. The Morgan fingerprint density at radius 1 is 1.08 bits per heavy atom. The molecule has 1 unspecified atom stereocenters. The number of nitrogens with zero attached hydrogens (tertiary/aromatic N) is 1. The van der Waals surface area contributed by atoms with Crippen molar-refractivity contribution in [3.8, 4) is 5.75 Å². The largest absolute Gasteiger partial charge is 0.494 e. The van der Waals surface area contributed by atoms with Crippen LogP contribution in [0.5, 0.6) is 5.75 Å². The van der Waals surface area contributed by atoms with Crippen LogP contribution in [0, 0.1) is 0 Å². The molecule has 3 rings (SSSR count). The number of fused-ring (bicyclic) bond motifs is 1. The predicted octanol–water partition coefficient (Wildman–Crippen LogP) is 5.02. The fourth-order valence-electron chi connectivity index (χ4n) is 3.38. The van der Waals surface area contributed by atoms with Gasteiger partial charge in [-0.15, -0.1) is 0 Å². The van der Waals surface area contributed by atoms with Crippen molar-refractivity contribution in [1.29, 1.82) is 0 Å². The van der Waals surface area contributed by atoms with Crippen molar-refractivity contribution in [3.63, 3.8) is 0 Å². The maximum Gasteiger partial charge on any atom is 0.257 e. The van der Waals surface area contributed by atoms with E-state index in [2.05, 4.69) is 12.2 Å². The van der Waals surface area contributed by atoms with Gasteiger partial charge in [0.1, 0.15) is 11.4 Å². The number of hydrogen-bond acceptors (Lipinski definition) is 3. The molecule has 0 spiro atoms. The topological polar surface area (TPSA) is 41.6 Å². The molecule has 0 aliphatic carbocycles. The highest BCUT2D eigenvalue weighted by Crippen LogP contribution is 2.37. The summed E-state index contributed by atoms with van der Waals surface area (Å²) in [6.45, 7) is 4.96. The van der Waals surface area contributed by atoms with Crippen LogP contribution in [0.2, 0.25) is 0 Å². The fraction of sp³-hybridized carbons (Fsp3) is 0.409. The highest BCUT2D eigenvalue weighted by Gasteiger charge is 2.40. The molecule has 0 aromatic heterocycles. The summed E-state index contributed by atoms with van der Waals surface area (Å²) in [6.07, 6.45) is 4.74. The number of para-hydroxylation sites is 1. The molecule has 26 heavy (non-hydrogen) atoms. The van der Waals surface area contributed by atoms with E-state index in [0.717, 1.165) is 30.0 Å². The number of ether oxygens (including phenoxy) is 1. The standard InChI is InChI=1S/C22H28N2O2/c1-4-5-6-9-15-26-18-12-10-11-17(16-18)22(2)23-20-14-8-7-13-19(20)21(25)24(22)3/h7-8,10-14,16,23H,4-6,9,15H2,1-3H3. The number of amides is 1. The van der Waals surface area contributed by atoms with Crippen LogP contribution in [-0.2, 0) is 5.66 Å². The average Bonchev–Trinajstić information content (AvgIpc) is 2.66. The molecule has 138 valence electrons. The molecule has 0 fully saturated rings. The highest BCUT2D eigenvalue weighted by atomic mass is 16.5. The molecule has 0 radical (unpaired) electrons. The van der Waals surface area contributed by atoms with Gasteiger partial charge in [-0.1, -0.05) is 50.5 Å². The zero-order valence-corrected chi connectivity index (χ0v) is 15.9. The molecule has 2 aromatic carbocycles. The average molecular weight is 352 g/mol. The molecule has 0 saturated heterocycles. The third-order valence-corrected chi connectivity index (χ3v) is 5.17. The van der Waals surface area contributed by atoms with Gasteiger partial charge in [-0.2, -0.15) is 0 Å². The van der Waals surface area contributed by atoms with Crippen molar-refractivity contribution in [3.05, 3.63) is 59.7 Å². The van der Waals surface area contributed by atoms with Gasteiger partial charge >= 0.3 is 0 Å². The normalized spacial score (nSPS) is 19.0. The van der Waals surface area contributed by atoms with Crippen LogP contribution >= 0.6 is 0 Å². The SMILES string of the molecule is CCCCCCOc1cccc(C2(C)Nc3ccccc3C(=O)N2C)c1. The number of rotatable bonds is 7. The van der Waals surface area contributed by atoms with Crippen molar-refractivity contribution in [1.82, 2.24) is 4.90 Å². The molecular formula is C22H28N2O2. The summed E-state index contributed by atoms with van der Waals surface area (Å²) in [4.78, 5) is 14.6. The van der Waals surface area contributed by atoms with Crippen LogP contribution < -0.4 is 10.1 Å². The number of carbonyl (C=O) groups is 1. The van der Waals surface area contributed by atoms with E-state index in [1.54, 1.807) is 4.90 Å². The minimum absolute atomic E-state index is 0.0211. The first-order chi connectivity index (χ1) is 12.6. The Kier molecular flexibility index (Phi) is 5.50. The molecule has 1 aliphatic rings. The Morgan fingerprint density at radius 2 is 1.88 bits per heavy atom. The summed E-state index contributed by atoms with van der Waals surface area (Å²) in [5.74, 6) is 0.870. The van der Waals surface area contributed by atoms with Gasteiger partial charge < -0.3 is 15.0 Å². The molecule has 4 heteroatoms. The first-order valence-electron chi connectivity index (χ1n) is 9.45. The van der Waals surface area contributed by atoms with E-state index in [1.807, 2.05) is 62.5 Å². The molecule has 1 atom stereocenters. The van der Waals surface area contributed by atoms with Crippen LogP contribution in [0.1, 0.15) is 55.5 Å². The number of nitrogens with one attached hydrogen (secondary N) is 1. The molecule has 1 heterocycles. The fourth-order valence-corrected chi connectivity index (χ4v) is 3.38. The summed E-state index contributed by atoms with van der Waals surface area (Å²) >= 11 is 0. The van der Waals surface area contributed by atoms with E-state index in [4.69, 9.17) is 4.74 Å². The lowest BCUT2D eigenvalue weighted by molar-refractivity contribution is 0.0615. The van der Waals surface area contributed by atoms with Crippen molar-refractivity contribution in [2.24, 2.45) is 0 Å². The van der Waals surface area contributed by atoms with Crippen molar-refractivity contribution >= 4 is 11.6 Å². The molecule has 4 nitrogen and oxygen atoms in total. The van der Waals surface area contributed by atoms with E-state index in [-0.39, 0.29) is 5.91 Å². The minimum Gasteiger partial charge on any atom is -0.494 e. The summed E-state index contributed by atoms with van der Waals surface area (Å²) in [6, 6.07) is 15.7. The Morgan fingerprint density at radius 3 is 2.69 bits per heavy atom. The highest BCUT2D eigenvalue weighted by molar-refractivity contribution is 6.02. The molecule has 1 amide bonds. The summed E-state index contributed by atoms with van der Waals surface area (Å²) < 4.78 is 5.93. The van der Waals surface area contributed by atoms with Crippen molar-refractivity contribution in [2.75, 3.05) is 19.0 Å². The second-order valence-electron chi connectivity index (χ2n) is 7.04. The van der Waals surface area contributed by atoms with Gasteiger partial charge in [-0.25, -0.2) is 0 Å². The first-order valence-corrected chi connectivity index (χ1v) is 9.45. The lowest BCUT2D eigenvalue weighted by Gasteiger charge is -2.44. The number of hydrogen-bond donors (Lipinski definition) is 1. The Labute approximate surface area is 156 Å². The number of benzene rings is 2. The summed E-state index contributed by atoms with van der Waals surface area (Å²) in [5, 5.41) is 3.53. The molecule has 1 N–H and O–H groups in total. The van der Waals surface area contributed by atoms with Crippen LogP contribution in [0.4, 0.5) is 5.69 Å². The zero-order valence-electron chi connectivity index (χ0n) is 15.9. The monoisotopic (exact) mass is 352 g/mol. The quantitative estimate of drug-likeness (QED) is 0.712. The van der Waals surface area contributed by atoms with Gasteiger partial charge in [0.15, 0.2) is 0 Å². The molecule has 0 saturated carbocycles. The minimum atomic E-state index is -0.618. The van der Waals surface area contributed by atoms with Crippen molar-refractivity contribution in [2.45, 2.75) is 45.2 Å². The second-order valence-corrected chi connectivity index (χ2v) is 7.04. The van der Waals surface area contributed by atoms with E-state index in [1.165, 1.54) is 19.3 Å². The second kappa shape index (κ2) is 7.81. The summed E-state index contributed by atoms with van der Waals surface area (Å²) in [7, 11) is 1.84. The third-order valence-electron chi connectivity index (χ3n) is 5.17. The Hall–Kier alpha value is -2.49. The van der Waals surface area contributed by atoms with Crippen LogP contribution in [0.3, 0.4) is 0 Å². The van der Waals surface area contributed by atoms with Gasteiger partial charge in [0, 0.05) is 18.3 Å². The maximum atomic E-state index is 12.8. The van der Waals surface area contributed by atoms with Gasteiger partial charge in [-0.3, -0.25) is 4.79 Å². The van der Waals surface area contributed by atoms with Crippen LogP contribution in [0.15, 0.2) is 48.5 Å². The predicted molar refractivity (Wildman–Crippen MR) is 106 cm³/mol. The number of unbranched alkanes of at least 4 members (excludes halogenated alkanes) is 3. The molecule has 0 bridgehead atoms. The van der Waals surface area contributed by atoms with E-state index >= 15 is 0 Å². The van der Waals surface area contributed by atoms with Crippen LogP contribution in [-0.4, -0.2) is 24.5 Å². The van der Waals surface area contributed by atoms with Gasteiger partial charge in [0.05, 0.1) is 12.2 Å². The van der Waals surface area contributed by atoms with Crippen LogP contribution in [0.25, 0.3) is 0 Å². The van der Waals surface area contributed by atoms with E-state index in [9.17, 15) is 4.79 Å². The zero-order chi connectivity index (χ0) is 18.6. The number of anilines is 1. The van der Waals surface area contributed by atoms with E-state index in [0.29, 0.717) is 5.56 Å². The number of carbonyl (C=O) groups excluding carboxylic acids is 1. The van der Waals surface area contributed by atoms with Gasteiger partial charge in [-0.05, 0) is 37.6 Å². The van der Waals surface area contributed by atoms with Gasteiger partial charge in [0.25, 0.3) is 5.91 Å².